The summed E-state index contributed by atoms with van der Waals surface area (Å²) in [5.74, 6) is 1.44. The van der Waals surface area contributed by atoms with E-state index in [0.29, 0.717) is 16.0 Å². The smallest absolute Gasteiger partial charge is 0.147 e. The van der Waals surface area contributed by atoms with Gasteiger partial charge in [0.1, 0.15) is 5.82 Å². The van der Waals surface area contributed by atoms with Gasteiger partial charge in [0, 0.05) is 25.3 Å². The van der Waals surface area contributed by atoms with Gasteiger partial charge in [-0.25, -0.2) is 4.98 Å². The molecule has 1 aliphatic rings. The van der Waals surface area contributed by atoms with Crippen molar-refractivity contribution in [3.63, 3.8) is 0 Å². The minimum atomic E-state index is 0.269. The van der Waals surface area contributed by atoms with Crippen LogP contribution in [0.25, 0.3) is 0 Å². The zero-order valence-corrected chi connectivity index (χ0v) is 11.4. The number of halogens is 2. The SMILES string of the molecule is CC(N)C1CCN(c2ncc(Cl)cc2Cl)CC1. The van der Waals surface area contributed by atoms with Crippen LogP contribution in [-0.4, -0.2) is 24.1 Å². The van der Waals surface area contributed by atoms with Gasteiger partial charge >= 0.3 is 0 Å². The predicted molar refractivity (Wildman–Crippen MR) is 72.8 cm³/mol. The Morgan fingerprint density at radius 1 is 1.41 bits per heavy atom. The third-order valence-corrected chi connectivity index (χ3v) is 3.86. The Hall–Kier alpha value is -0.510. The van der Waals surface area contributed by atoms with Crippen molar-refractivity contribution in [1.29, 1.82) is 0 Å². The fourth-order valence-electron chi connectivity index (χ4n) is 2.28. The quantitative estimate of drug-likeness (QED) is 0.901. The van der Waals surface area contributed by atoms with Crippen LogP contribution < -0.4 is 10.6 Å². The fraction of sp³-hybridized carbons (Fsp3) is 0.583. The number of pyridine rings is 1. The van der Waals surface area contributed by atoms with Crippen LogP contribution in [0.15, 0.2) is 12.3 Å². The molecule has 0 radical (unpaired) electrons. The zero-order valence-electron chi connectivity index (χ0n) is 9.87. The summed E-state index contributed by atoms with van der Waals surface area (Å²) < 4.78 is 0. The largest absolute Gasteiger partial charge is 0.355 e. The minimum Gasteiger partial charge on any atom is -0.355 e. The number of nitrogens with zero attached hydrogens (tertiary/aromatic N) is 2. The third kappa shape index (κ3) is 3.03. The second-order valence-electron chi connectivity index (χ2n) is 4.64. The fourth-order valence-corrected chi connectivity index (χ4v) is 2.78. The van der Waals surface area contributed by atoms with Crippen molar-refractivity contribution in [2.24, 2.45) is 11.7 Å². The molecule has 2 N–H and O–H groups in total. The van der Waals surface area contributed by atoms with E-state index < -0.39 is 0 Å². The number of hydrogen-bond acceptors (Lipinski definition) is 3. The average Bonchev–Trinajstić information content (AvgIpc) is 2.29. The van der Waals surface area contributed by atoms with Gasteiger partial charge in [0.05, 0.1) is 10.0 Å². The summed E-state index contributed by atoms with van der Waals surface area (Å²) in [7, 11) is 0. The van der Waals surface area contributed by atoms with Crippen molar-refractivity contribution in [2.45, 2.75) is 25.8 Å². The first-order valence-corrected chi connectivity index (χ1v) is 6.65. The van der Waals surface area contributed by atoms with E-state index in [-0.39, 0.29) is 6.04 Å². The molecular weight excluding hydrogens is 257 g/mol. The lowest BCUT2D eigenvalue weighted by molar-refractivity contribution is 0.353. The Morgan fingerprint density at radius 2 is 2.06 bits per heavy atom. The Kier molecular flexibility index (Phi) is 4.13. The number of nitrogens with two attached hydrogens (primary N) is 1. The van der Waals surface area contributed by atoms with Gasteiger partial charge in [-0.2, -0.15) is 0 Å². The molecule has 0 saturated carbocycles. The highest BCUT2D eigenvalue weighted by molar-refractivity contribution is 6.36. The first kappa shape index (κ1) is 12.9. The van der Waals surface area contributed by atoms with Gasteiger partial charge in [-0.15, -0.1) is 0 Å². The van der Waals surface area contributed by atoms with Crippen LogP contribution in [0.2, 0.25) is 10.0 Å². The summed E-state index contributed by atoms with van der Waals surface area (Å²) >= 11 is 12.0. The molecule has 1 saturated heterocycles. The molecule has 0 bridgehead atoms. The molecule has 0 amide bonds. The normalized spacial score (nSPS) is 19.4. The molecule has 1 aromatic rings. The Labute approximate surface area is 112 Å². The summed E-state index contributed by atoms with van der Waals surface area (Å²) in [5, 5.41) is 1.20. The maximum absolute atomic E-state index is 6.15. The molecule has 17 heavy (non-hydrogen) atoms. The van der Waals surface area contributed by atoms with E-state index in [1.54, 1.807) is 12.3 Å². The van der Waals surface area contributed by atoms with Crippen LogP contribution in [0, 0.1) is 5.92 Å². The number of aromatic nitrogens is 1. The van der Waals surface area contributed by atoms with Gasteiger partial charge in [0.25, 0.3) is 0 Å². The number of piperidine rings is 1. The molecule has 0 spiro atoms. The Balaban J connectivity index is 2.05. The van der Waals surface area contributed by atoms with Crippen molar-refractivity contribution in [3.05, 3.63) is 22.3 Å². The lowest BCUT2D eigenvalue weighted by Gasteiger charge is -2.34. The summed E-state index contributed by atoms with van der Waals surface area (Å²) in [5.41, 5.74) is 5.92. The molecule has 2 rings (SSSR count). The standard InChI is InChI=1S/C12H17Cl2N3/c1-8(15)9-2-4-17(5-3-9)12-11(14)6-10(13)7-16-12/h6-9H,2-5,15H2,1H3. The molecule has 5 heteroatoms. The second-order valence-corrected chi connectivity index (χ2v) is 5.49. The molecule has 1 fully saturated rings. The summed E-state index contributed by atoms with van der Waals surface area (Å²) in [6.07, 6.45) is 3.83. The molecule has 1 unspecified atom stereocenters. The molecule has 1 aromatic heterocycles. The van der Waals surface area contributed by atoms with Crippen LogP contribution >= 0.6 is 23.2 Å². The van der Waals surface area contributed by atoms with Gasteiger partial charge < -0.3 is 10.6 Å². The maximum Gasteiger partial charge on any atom is 0.147 e. The number of hydrogen-bond donors (Lipinski definition) is 1. The number of anilines is 1. The van der Waals surface area contributed by atoms with Gasteiger partial charge in [-0.1, -0.05) is 23.2 Å². The first-order chi connectivity index (χ1) is 8.08. The lowest BCUT2D eigenvalue weighted by Crippen LogP contribution is -2.40. The molecule has 94 valence electrons. The predicted octanol–water partition coefficient (Wildman–Crippen LogP) is 2.95. The Bertz CT molecular complexity index is 387. The molecule has 1 aliphatic heterocycles. The van der Waals surface area contributed by atoms with Crippen LogP contribution in [0.3, 0.4) is 0 Å². The third-order valence-electron chi connectivity index (χ3n) is 3.37. The van der Waals surface area contributed by atoms with Crippen molar-refractivity contribution in [3.8, 4) is 0 Å². The van der Waals surface area contributed by atoms with Crippen LogP contribution in [0.4, 0.5) is 5.82 Å². The van der Waals surface area contributed by atoms with Gasteiger partial charge in [0.15, 0.2) is 0 Å². The molecule has 3 nitrogen and oxygen atoms in total. The van der Waals surface area contributed by atoms with E-state index in [4.69, 9.17) is 28.9 Å². The van der Waals surface area contributed by atoms with Crippen molar-refractivity contribution in [2.75, 3.05) is 18.0 Å². The Morgan fingerprint density at radius 3 is 2.59 bits per heavy atom. The molecule has 1 atom stereocenters. The van der Waals surface area contributed by atoms with E-state index in [2.05, 4.69) is 16.8 Å². The second kappa shape index (κ2) is 5.42. The average molecular weight is 274 g/mol. The molecule has 2 heterocycles. The van der Waals surface area contributed by atoms with Gasteiger partial charge in [0.2, 0.25) is 0 Å². The maximum atomic E-state index is 6.15. The van der Waals surface area contributed by atoms with Gasteiger partial charge in [-0.05, 0) is 31.7 Å². The highest BCUT2D eigenvalue weighted by Crippen LogP contribution is 2.29. The van der Waals surface area contributed by atoms with Crippen molar-refractivity contribution < 1.29 is 0 Å². The summed E-state index contributed by atoms with van der Waals surface area (Å²) in [4.78, 5) is 6.51. The number of rotatable bonds is 2. The van der Waals surface area contributed by atoms with E-state index >= 15 is 0 Å². The van der Waals surface area contributed by atoms with E-state index in [1.807, 2.05) is 0 Å². The van der Waals surface area contributed by atoms with E-state index in [0.717, 1.165) is 31.7 Å². The van der Waals surface area contributed by atoms with Gasteiger partial charge in [-0.3, -0.25) is 0 Å². The molecular formula is C12H17Cl2N3. The molecule has 0 aromatic carbocycles. The van der Waals surface area contributed by atoms with E-state index in [1.165, 1.54) is 0 Å². The summed E-state index contributed by atoms with van der Waals surface area (Å²) in [6.45, 7) is 4.00. The highest BCUT2D eigenvalue weighted by Gasteiger charge is 2.23. The minimum absolute atomic E-state index is 0.269. The topological polar surface area (TPSA) is 42.1 Å². The first-order valence-electron chi connectivity index (χ1n) is 5.89. The van der Waals surface area contributed by atoms with Crippen LogP contribution in [0.5, 0.6) is 0 Å². The van der Waals surface area contributed by atoms with Crippen molar-refractivity contribution in [1.82, 2.24) is 4.98 Å². The lowest BCUT2D eigenvalue weighted by atomic mass is 9.91. The summed E-state index contributed by atoms with van der Waals surface area (Å²) in [6, 6.07) is 2.01. The monoisotopic (exact) mass is 273 g/mol. The zero-order chi connectivity index (χ0) is 12.4. The molecule has 0 aliphatic carbocycles. The van der Waals surface area contributed by atoms with Crippen molar-refractivity contribution >= 4 is 29.0 Å². The highest BCUT2D eigenvalue weighted by atomic mass is 35.5. The van der Waals surface area contributed by atoms with Crippen LogP contribution in [0.1, 0.15) is 19.8 Å². The van der Waals surface area contributed by atoms with Crippen LogP contribution in [-0.2, 0) is 0 Å². The van der Waals surface area contributed by atoms with E-state index in [9.17, 15) is 0 Å².